The van der Waals surface area contributed by atoms with Crippen LogP contribution in [0.3, 0.4) is 0 Å². The van der Waals surface area contributed by atoms with Gasteiger partial charge in [0, 0.05) is 18.2 Å². The quantitative estimate of drug-likeness (QED) is 0.744. The molecule has 0 amide bonds. The second kappa shape index (κ2) is 6.80. The van der Waals surface area contributed by atoms with Crippen LogP contribution in [0.5, 0.6) is 0 Å². The number of nitrogens with zero attached hydrogens (tertiary/aromatic N) is 4. The first-order valence-electron chi connectivity index (χ1n) is 8.68. The van der Waals surface area contributed by atoms with Crippen molar-refractivity contribution in [2.24, 2.45) is 0 Å². The summed E-state index contributed by atoms with van der Waals surface area (Å²) in [5.74, 6) is 3.22. The number of nitrogens with one attached hydrogen (secondary N) is 2. The van der Waals surface area contributed by atoms with Crippen molar-refractivity contribution in [2.45, 2.75) is 26.8 Å². The summed E-state index contributed by atoms with van der Waals surface area (Å²) in [4.78, 5) is 7.08. The van der Waals surface area contributed by atoms with Gasteiger partial charge in [-0.25, -0.2) is 4.98 Å². The first-order chi connectivity index (χ1) is 12.6. The summed E-state index contributed by atoms with van der Waals surface area (Å²) < 4.78 is 10.9. The molecule has 8 nitrogen and oxygen atoms in total. The number of aromatic amines is 1. The number of pyridine rings is 1. The molecule has 1 saturated heterocycles. The van der Waals surface area contributed by atoms with Crippen LogP contribution in [-0.4, -0.2) is 46.1 Å². The van der Waals surface area contributed by atoms with Crippen LogP contribution in [0.1, 0.15) is 18.4 Å². The standard InChI is InChI=1S/C18H22N6O2/c1-11-10-25-7-6-24(11)17-9-14(18-12(2)23-26-13(18)3)8-16(21-17)20-15-4-5-19-22-15/h4-5,8-9,11H,6-7,10H2,1-3H3,(H2,19,20,21,22)/t11-/m1/s1. The van der Waals surface area contributed by atoms with Gasteiger partial charge in [-0.15, -0.1) is 0 Å². The van der Waals surface area contributed by atoms with Crippen molar-refractivity contribution >= 4 is 17.5 Å². The molecule has 0 bridgehead atoms. The number of hydrogen-bond acceptors (Lipinski definition) is 7. The average molecular weight is 354 g/mol. The highest BCUT2D eigenvalue weighted by atomic mass is 16.5. The van der Waals surface area contributed by atoms with Gasteiger partial charge in [-0.3, -0.25) is 5.10 Å². The average Bonchev–Trinajstić information content (AvgIpc) is 3.25. The SMILES string of the molecule is Cc1noc(C)c1-c1cc(Nc2ccn[nH]2)nc(N2CCOC[C@H]2C)c1. The van der Waals surface area contributed by atoms with Crippen LogP contribution in [0.15, 0.2) is 28.9 Å². The number of ether oxygens (including phenoxy) is 1. The van der Waals surface area contributed by atoms with E-state index in [4.69, 9.17) is 14.2 Å². The zero-order valence-corrected chi connectivity index (χ0v) is 15.1. The fourth-order valence-corrected chi connectivity index (χ4v) is 3.30. The van der Waals surface area contributed by atoms with E-state index in [-0.39, 0.29) is 6.04 Å². The maximum Gasteiger partial charge on any atom is 0.141 e. The molecule has 1 fully saturated rings. The third kappa shape index (κ3) is 3.15. The predicted molar refractivity (Wildman–Crippen MR) is 98.7 cm³/mol. The van der Waals surface area contributed by atoms with Crippen molar-refractivity contribution in [3.8, 4) is 11.1 Å². The summed E-state index contributed by atoms with van der Waals surface area (Å²) in [5, 5.41) is 14.3. The van der Waals surface area contributed by atoms with Crippen molar-refractivity contribution in [1.29, 1.82) is 0 Å². The number of aromatic nitrogens is 4. The maximum absolute atomic E-state index is 5.57. The highest BCUT2D eigenvalue weighted by molar-refractivity contribution is 5.74. The van der Waals surface area contributed by atoms with Crippen LogP contribution in [-0.2, 0) is 4.74 Å². The Morgan fingerprint density at radius 3 is 2.88 bits per heavy atom. The molecule has 0 aromatic carbocycles. The Hall–Kier alpha value is -2.87. The molecule has 0 aliphatic carbocycles. The molecule has 26 heavy (non-hydrogen) atoms. The molecule has 2 N–H and O–H groups in total. The fourth-order valence-electron chi connectivity index (χ4n) is 3.30. The normalized spacial score (nSPS) is 17.5. The molecule has 1 aliphatic rings. The van der Waals surface area contributed by atoms with Gasteiger partial charge < -0.3 is 19.5 Å². The number of hydrogen-bond donors (Lipinski definition) is 2. The molecule has 4 heterocycles. The minimum absolute atomic E-state index is 0.260. The van der Waals surface area contributed by atoms with Gasteiger partial charge in [-0.05, 0) is 38.5 Å². The van der Waals surface area contributed by atoms with E-state index in [1.54, 1.807) is 6.20 Å². The summed E-state index contributed by atoms with van der Waals surface area (Å²) in [6.07, 6.45) is 1.70. The monoisotopic (exact) mass is 354 g/mol. The van der Waals surface area contributed by atoms with Gasteiger partial charge in [0.25, 0.3) is 0 Å². The van der Waals surface area contributed by atoms with Gasteiger partial charge in [-0.1, -0.05) is 5.16 Å². The first-order valence-corrected chi connectivity index (χ1v) is 8.68. The van der Waals surface area contributed by atoms with Crippen LogP contribution >= 0.6 is 0 Å². The second-order valence-electron chi connectivity index (χ2n) is 6.51. The first kappa shape index (κ1) is 16.6. The van der Waals surface area contributed by atoms with Gasteiger partial charge in [0.15, 0.2) is 0 Å². The van der Waals surface area contributed by atoms with E-state index in [0.29, 0.717) is 13.2 Å². The van der Waals surface area contributed by atoms with Gasteiger partial charge in [0.2, 0.25) is 0 Å². The third-order valence-electron chi connectivity index (χ3n) is 4.56. The van der Waals surface area contributed by atoms with E-state index in [2.05, 4.69) is 38.6 Å². The lowest BCUT2D eigenvalue weighted by molar-refractivity contribution is 0.0985. The van der Waals surface area contributed by atoms with Crippen LogP contribution < -0.4 is 10.2 Å². The third-order valence-corrected chi connectivity index (χ3v) is 4.56. The van der Waals surface area contributed by atoms with Crippen molar-refractivity contribution in [2.75, 3.05) is 30.0 Å². The zero-order chi connectivity index (χ0) is 18.1. The van der Waals surface area contributed by atoms with Gasteiger partial charge >= 0.3 is 0 Å². The summed E-state index contributed by atoms with van der Waals surface area (Å²) in [6, 6.07) is 6.21. The Balaban J connectivity index is 1.79. The van der Waals surface area contributed by atoms with Gasteiger partial charge in [-0.2, -0.15) is 5.10 Å². The number of morpholine rings is 1. The zero-order valence-electron chi connectivity index (χ0n) is 15.1. The topological polar surface area (TPSA) is 92.1 Å². The summed E-state index contributed by atoms with van der Waals surface area (Å²) in [7, 11) is 0. The predicted octanol–water partition coefficient (Wildman–Crippen LogP) is 3.05. The number of rotatable bonds is 4. The highest BCUT2D eigenvalue weighted by Crippen LogP contribution is 2.32. The van der Waals surface area contributed by atoms with Crippen molar-refractivity contribution in [1.82, 2.24) is 20.3 Å². The van der Waals surface area contributed by atoms with E-state index < -0.39 is 0 Å². The summed E-state index contributed by atoms with van der Waals surface area (Å²) >= 11 is 0. The Labute approximate surface area is 151 Å². The van der Waals surface area contributed by atoms with E-state index in [9.17, 15) is 0 Å². The molecule has 0 spiro atoms. The molecular weight excluding hydrogens is 332 g/mol. The van der Waals surface area contributed by atoms with E-state index in [1.165, 1.54) is 0 Å². The van der Waals surface area contributed by atoms with Gasteiger partial charge in [0.1, 0.15) is 23.2 Å². The van der Waals surface area contributed by atoms with E-state index in [1.807, 2.05) is 26.0 Å². The molecule has 0 radical (unpaired) electrons. The lowest BCUT2D eigenvalue weighted by atomic mass is 10.0. The van der Waals surface area contributed by atoms with E-state index in [0.717, 1.165) is 46.6 Å². The molecule has 3 aromatic heterocycles. The number of aryl methyl sites for hydroxylation is 2. The van der Waals surface area contributed by atoms with E-state index >= 15 is 0 Å². The molecule has 8 heteroatoms. The Morgan fingerprint density at radius 2 is 2.19 bits per heavy atom. The Morgan fingerprint density at radius 1 is 1.31 bits per heavy atom. The Bertz CT molecular complexity index is 870. The van der Waals surface area contributed by atoms with Crippen molar-refractivity contribution in [3.05, 3.63) is 35.9 Å². The molecule has 1 aliphatic heterocycles. The minimum atomic E-state index is 0.260. The molecule has 1 atom stereocenters. The molecule has 136 valence electrons. The molecule has 3 aromatic rings. The van der Waals surface area contributed by atoms with Crippen LogP contribution in [0.25, 0.3) is 11.1 Å². The van der Waals surface area contributed by atoms with Crippen LogP contribution in [0.2, 0.25) is 0 Å². The van der Waals surface area contributed by atoms with Crippen LogP contribution in [0, 0.1) is 13.8 Å². The molecule has 4 rings (SSSR count). The lowest BCUT2D eigenvalue weighted by Gasteiger charge is -2.34. The maximum atomic E-state index is 5.57. The Kier molecular flexibility index (Phi) is 4.34. The highest BCUT2D eigenvalue weighted by Gasteiger charge is 2.22. The summed E-state index contributed by atoms with van der Waals surface area (Å²) in [5.41, 5.74) is 2.89. The van der Waals surface area contributed by atoms with Crippen molar-refractivity contribution in [3.63, 3.8) is 0 Å². The fraction of sp³-hybridized carbons (Fsp3) is 0.389. The minimum Gasteiger partial charge on any atom is -0.377 e. The van der Waals surface area contributed by atoms with Gasteiger partial charge in [0.05, 0.1) is 31.1 Å². The molecule has 0 saturated carbocycles. The largest absolute Gasteiger partial charge is 0.377 e. The smallest absolute Gasteiger partial charge is 0.141 e. The molecule has 0 unspecified atom stereocenters. The second-order valence-corrected chi connectivity index (χ2v) is 6.51. The molecular formula is C18H22N6O2. The lowest BCUT2D eigenvalue weighted by Crippen LogP contribution is -2.44. The number of H-pyrrole nitrogens is 1. The van der Waals surface area contributed by atoms with Crippen molar-refractivity contribution < 1.29 is 9.26 Å². The summed E-state index contributed by atoms with van der Waals surface area (Å²) in [6.45, 7) is 8.22. The number of anilines is 3. The van der Waals surface area contributed by atoms with Crippen LogP contribution in [0.4, 0.5) is 17.5 Å².